The Hall–Kier alpha value is -3.13. The van der Waals surface area contributed by atoms with Gasteiger partial charge in [0.2, 0.25) is 0 Å². The van der Waals surface area contributed by atoms with Crippen molar-refractivity contribution in [2.45, 2.75) is 17.9 Å². The van der Waals surface area contributed by atoms with Crippen LogP contribution in [0.2, 0.25) is 0 Å². The molecule has 0 aliphatic rings. The second-order valence-electron chi connectivity index (χ2n) is 7.73. The standard InChI is InChI=1S/C26H29N3O3S/c30-33(31,23-11-5-2-6-12-23)29-19-15-24-25(29)13-7-14-26(24)32-20-18-27-16-8-17-28-21-22-9-3-1-4-10-22/h1-7,9-15,19,27-28H,8,16-18,20-21H2. The highest BCUT2D eigenvalue weighted by molar-refractivity contribution is 7.90. The molecule has 0 aliphatic carbocycles. The van der Waals surface area contributed by atoms with Gasteiger partial charge in [-0.1, -0.05) is 54.6 Å². The first-order valence-corrected chi connectivity index (χ1v) is 12.6. The summed E-state index contributed by atoms with van der Waals surface area (Å²) in [6.45, 7) is 3.96. The van der Waals surface area contributed by atoms with Crippen LogP contribution in [0.5, 0.6) is 5.75 Å². The topological polar surface area (TPSA) is 72.4 Å². The van der Waals surface area contributed by atoms with Gasteiger partial charge in [-0.15, -0.1) is 0 Å². The molecule has 4 rings (SSSR count). The Bertz CT molecular complexity index is 1260. The molecule has 172 valence electrons. The molecular formula is C26H29N3O3S. The third-order valence-corrected chi connectivity index (χ3v) is 7.08. The van der Waals surface area contributed by atoms with Crippen LogP contribution >= 0.6 is 0 Å². The van der Waals surface area contributed by atoms with Crippen LogP contribution in [0.15, 0.2) is 96.0 Å². The van der Waals surface area contributed by atoms with E-state index >= 15 is 0 Å². The van der Waals surface area contributed by atoms with Crippen LogP contribution in [0.1, 0.15) is 12.0 Å². The predicted molar refractivity (Wildman–Crippen MR) is 132 cm³/mol. The lowest BCUT2D eigenvalue weighted by Gasteiger charge is -2.11. The van der Waals surface area contributed by atoms with Crippen LogP contribution in [0.25, 0.3) is 10.9 Å². The summed E-state index contributed by atoms with van der Waals surface area (Å²) in [5, 5.41) is 7.61. The molecule has 6 nitrogen and oxygen atoms in total. The van der Waals surface area contributed by atoms with E-state index in [0.29, 0.717) is 17.9 Å². The number of ether oxygens (including phenoxy) is 1. The van der Waals surface area contributed by atoms with Gasteiger partial charge in [0.1, 0.15) is 12.4 Å². The quantitative estimate of drug-likeness (QED) is 0.311. The SMILES string of the molecule is O=S(=O)(c1ccccc1)n1ccc2c(OCCNCCCNCc3ccccc3)cccc21. The van der Waals surface area contributed by atoms with Gasteiger partial charge in [0.25, 0.3) is 10.0 Å². The molecule has 0 radical (unpaired) electrons. The normalized spacial score (nSPS) is 11.6. The van der Waals surface area contributed by atoms with Crippen LogP contribution < -0.4 is 15.4 Å². The van der Waals surface area contributed by atoms with Crippen LogP contribution in [0, 0.1) is 0 Å². The second kappa shape index (κ2) is 11.1. The van der Waals surface area contributed by atoms with E-state index in [9.17, 15) is 8.42 Å². The Balaban J connectivity index is 1.24. The van der Waals surface area contributed by atoms with Crippen molar-refractivity contribution in [1.29, 1.82) is 0 Å². The van der Waals surface area contributed by atoms with Crippen LogP contribution in [0.3, 0.4) is 0 Å². The van der Waals surface area contributed by atoms with Gasteiger partial charge in [-0.3, -0.25) is 0 Å². The first-order valence-electron chi connectivity index (χ1n) is 11.1. The van der Waals surface area contributed by atoms with Crippen molar-refractivity contribution in [1.82, 2.24) is 14.6 Å². The molecule has 1 heterocycles. The lowest BCUT2D eigenvalue weighted by Crippen LogP contribution is -2.25. The zero-order valence-corrected chi connectivity index (χ0v) is 19.3. The number of fused-ring (bicyclic) bond motifs is 1. The van der Waals surface area contributed by atoms with Crippen molar-refractivity contribution in [3.8, 4) is 5.75 Å². The van der Waals surface area contributed by atoms with Gasteiger partial charge in [-0.25, -0.2) is 12.4 Å². The zero-order chi connectivity index (χ0) is 22.9. The Morgan fingerprint density at radius 1 is 0.758 bits per heavy atom. The minimum Gasteiger partial charge on any atom is -0.492 e. The van der Waals surface area contributed by atoms with Gasteiger partial charge in [0.15, 0.2) is 0 Å². The number of rotatable bonds is 12. The third kappa shape index (κ3) is 5.82. The molecule has 4 aromatic rings. The van der Waals surface area contributed by atoms with Gasteiger partial charge < -0.3 is 15.4 Å². The number of hydrogen-bond donors (Lipinski definition) is 2. The maximum absolute atomic E-state index is 13.0. The molecule has 0 spiro atoms. The van der Waals surface area contributed by atoms with Gasteiger partial charge in [-0.2, -0.15) is 0 Å². The van der Waals surface area contributed by atoms with E-state index in [2.05, 4.69) is 34.9 Å². The lowest BCUT2D eigenvalue weighted by molar-refractivity contribution is 0.317. The average Bonchev–Trinajstić information content (AvgIpc) is 3.30. The van der Waals surface area contributed by atoms with Crippen molar-refractivity contribution < 1.29 is 13.2 Å². The summed E-state index contributed by atoms with van der Waals surface area (Å²) < 4.78 is 33.3. The molecule has 1 aromatic heterocycles. The minimum atomic E-state index is -3.65. The number of aromatic nitrogens is 1. The predicted octanol–water partition coefficient (Wildman–Crippen LogP) is 4.03. The van der Waals surface area contributed by atoms with E-state index in [1.807, 2.05) is 18.2 Å². The minimum absolute atomic E-state index is 0.260. The van der Waals surface area contributed by atoms with Gasteiger partial charge in [0, 0.05) is 24.7 Å². The second-order valence-corrected chi connectivity index (χ2v) is 9.55. The number of benzene rings is 3. The summed E-state index contributed by atoms with van der Waals surface area (Å²) in [6.07, 6.45) is 2.61. The molecule has 2 N–H and O–H groups in total. The highest BCUT2D eigenvalue weighted by Gasteiger charge is 2.19. The average molecular weight is 464 g/mol. The van der Waals surface area contributed by atoms with E-state index in [-0.39, 0.29) is 4.90 Å². The van der Waals surface area contributed by atoms with Crippen molar-refractivity contribution in [2.75, 3.05) is 26.2 Å². The maximum atomic E-state index is 13.0. The van der Waals surface area contributed by atoms with E-state index in [1.165, 1.54) is 9.54 Å². The largest absolute Gasteiger partial charge is 0.492 e. The molecular weight excluding hydrogens is 434 g/mol. The molecule has 7 heteroatoms. The number of nitrogens with one attached hydrogen (secondary N) is 2. The van der Waals surface area contributed by atoms with E-state index < -0.39 is 10.0 Å². The summed E-state index contributed by atoms with van der Waals surface area (Å²) in [6, 6.07) is 26.1. The first-order chi connectivity index (χ1) is 16.2. The summed E-state index contributed by atoms with van der Waals surface area (Å²) in [5.74, 6) is 0.681. The van der Waals surface area contributed by atoms with Gasteiger partial charge in [0.05, 0.1) is 10.4 Å². The highest BCUT2D eigenvalue weighted by atomic mass is 32.2. The fourth-order valence-corrected chi connectivity index (χ4v) is 5.05. The Labute approximate surface area is 195 Å². The van der Waals surface area contributed by atoms with Crippen LogP contribution in [-0.2, 0) is 16.6 Å². The Morgan fingerprint density at radius 3 is 2.27 bits per heavy atom. The van der Waals surface area contributed by atoms with E-state index in [4.69, 9.17) is 4.74 Å². The zero-order valence-electron chi connectivity index (χ0n) is 18.5. The van der Waals surface area contributed by atoms with Crippen molar-refractivity contribution >= 4 is 20.9 Å². The third-order valence-electron chi connectivity index (χ3n) is 5.37. The molecule has 0 fully saturated rings. The molecule has 33 heavy (non-hydrogen) atoms. The fourth-order valence-electron chi connectivity index (χ4n) is 3.68. The molecule has 0 atom stereocenters. The summed E-state index contributed by atoms with van der Waals surface area (Å²) in [5.41, 5.74) is 1.90. The maximum Gasteiger partial charge on any atom is 0.268 e. The van der Waals surface area contributed by atoms with Crippen LogP contribution in [-0.4, -0.2) is 38.6 Å². The van der Waals surface area contributed by atoms with Crippen molar-refractivity contribution in [3.05, 3.63) is 96.7 Å². The highest BCUT2D eigenvalue weighted by Crippen LogP contribution is 2.29. The summed E-state index contributed by atoms with van der Waals surface area (Å²) in [4.78, 5) is 0.260. The fraction of sp³-hybridized carbons (Fsp3) is 0.231. The smallest absolute Gasteiger partial charge is 0.268 e. The van der Waals surface area contributed by atoms with Gasteiger partial charge in [-0.05, 0) is 55.4 Å². The van der Waals surface area contributed by atoms with E-state index in [0.717, 1.165) is 38.0 Å². The van der Waals surface area contributed by atoms with E-state index in [1.54, 1.807) is 48.7 Å². The Kier molecular flexibility index (Phi) is 7.78. The molecule has 0 saturated heterocycles. The molecule has 0 aliphatic heterocycles. The monoisotopic (exact) mass is 463 g/mol. The first kappa shape index (κ1) is 23.0. The number of hydrogen-bond acceptors (Lipinski definition) is 5. The molecule has 0 unspecified atom stereocenters. The summed E-state index contributed by atoms with van der Waals surface area (Å²) in [7, 11) is -3.65. The number of nitrogens with zero attached hydrogens (tertiary/aromatic N) is 1. The van der Waals surface area contributed by atoms with Crippen LogP contribution in [0.4, 0.5) is 0 Å². The lowest BCUT2D eigenvalue weighted by atomic mass is 10.2. The molecule has 0 bridgehead atoms. The molecule has 3 aromatic carbocycles. The molecule has 0 saturated carbocycles. The molecule has 0 amide bonds. The van der Waals surface area contributed by atoms with Crippen molar-refractivity contribution in [3.63, 3.8) is 0 Å². The summed E-state index contributed by atoms with van der Waals surface area (Å²) >= 11 is 0. The van der Waals surface area contributed by atoms with Crippen molar-refractivity contribution in [2.24, 2.45) is 0 Å². The Morgan fingerprint density at radius 2 is 1.48 bits per heavy atom. The van der Waals surface area contributed by atoms with Gasteiger partial charge >= 0.3 is 0 Å².